The van der Waals surface area contributed by atoms with Crippen LogP contribution in [0.2, 0.25) is 5.02 Å². The van der Waals surface area contributed by atoms with Crippen molar-refractivity contribution in [2.24, 2.45) is 5.92 Å². The topological polar surface area (TPSA) is 107 Å². The van der Waals surface area contributed by atoms with E-state index in [4.69, 9.17) is 11.6 Å². The molecule has 0 heterocycles. The molecule has 2 amide bonds. The SMILES string of the molecule is CC(C)CC(C(=O)O)N(CCNC(=O)c1cccc(Cl)c1)C(=O)O. The van der Waals surface area contributed by atoms with Gasteiger partial charge in [-0.05, 0) is 30.5 Å². The number of hydrogen-bond acceptors (Lipinski definition) is 3. The quantitative estimate of drug-likeness (QED) is 0.663. The third kappa shape index (κ3) is 6.08. The van der Waals surface area contributed by atoms with Gasteiger partial charge >= 0.3 is 12.1 Å². The van der Waals surface area contributed by atoms with Gasteiger partial charge in [0, 0.05) is 23.7 Å². The van der Waals surface area contributed by atoms with Gasteiger partial charge in [0.2, 0.25) is 0 Å². The van der Waals surface area contributed by atoms with E-state index in [9.17, 15) is 24.6 Å². The zero-order valence-corrected chi connectivity index (χ0v) is 14.3. The predicted octanol–water partition coefficient (Wildman–Crippen LogP) is 2.55. The Kier molecular flexibility index (Phi) is 7.51. The maximum atomic E-state index is 12.0. The number of amides is 2. The van der Waals surface area contributed by atoms with E-state index >= 15 is 0 Å². The molecule has 1 aromatic rings. The van der Waals surface area contributed by atoms with Crippen LogP contribution in [0.4, 0.5) is 4.79 Å². The maximum Gasteiger partial charge on any atom is 0.408 e. The van der Waals surface area contributed by atoms with Crippen LogP contribution < -0.4 is 5.32 Å². The number of carboxylic acids is 1. The molecule has 0 aliphatic rings. The Morgan fingerprint density at radius 1 is 1.25 bits per heavy atom. The summed E-state index contributed by atoms with van der Waals surface area (Å²) in [5.41, 5.74) is 0.348. The molecule has 0 spiro atoms. The van der Waals surface area contributed by atoms with Gasteiger partial charge in [-0.1, -0.05) is 31.5 Å². The Labute approximate surface area is 145 Å². The molecule has 0 fully saturated rings. The average Bonchev–Trinajstić information content (AvgIpc) is 2.48. The van der Waals surface area contributed by atoms with Crippen LogP contribution in [0.3, 0.4) is 0 Å². The van der Waals surface area contributed by atoms with Crippen molar-refractivity contribution >= 4 is 29.6 Å². The molecule has 1 unspecified atom stereocenters. The fourth-order valence-electron chi connectivity index (χ4n) is 2.21. The van der Waals surface area contributed by atoms with Gasteiger partial charge in [-0.3, -0.25) is 9.69 Å². The smallest absolute Gasteiger partial charge is 0.408 e. The van der Waals surface area contributed by atoms with Gasteiger partial charge in [-0.15, -0.1) is 0 Å². The molecule has 24 heavy (non-hydrogen) atoms. The summed E-state index contributed by atoms with van der Waals surface area (Å²) in [5.74, 6) is -1.58. The van der Waals surface area contributed by atoms with Crippen molar-refractivity contribution in [2.45, 2.75) is 26.3 Å². The predicted molar refractivity (Wildman–Crippen MR) is 89.4 cm³/mol. The van der Waals surface area contributed by atoms with E-state index in [-0.39, 0.29) is 25.4 Å². The van der Waals surface area contributed by atoms with Crippen molar-refractivity contribution in [1.29, 1.82) is 0 Å². The highest BCUT2D eigenvalue weighted by atomic mass is 35.5. The van der Waals surface area contributed by atoms with Crippen LogP contribution in [0.25, 0.3) is 0 Å². The minimum absolute atomic E-state index is 0.000474. The summed E-state index contributed by atoms with van der Waals surface area (Å²) in [6.07, 6.45) is -1.13. The Bertz CT molecular complexity index is 606. The van der Waals surface area contributed by atoms with Crippen molar-refractivity contribution in [2.75, 3.05) is 13.1 Å². The Balaban J connectivity index is 2.68. The fraction of sp³-hybridized carbons (Fsp3) is 0.438. The summed E-state index contributed by atoms with van der Waals surface area (Å²) >= 11 is 5.81. The normalized spacial score (nSPS) is 11.8. The Morgan fingerprint density at radius 2 is 1.92 bits per heavy atom. The van der Waals surface area contributed by atoms with Crippen molar-refractivity contribution in [1.82, 2.24) is 10.2 Å². The van der Waals surface area contributed by atoms with Crippen LogP contribution in [0.5, 0.6) is 0 Å². The number of carbonyl (C=O) groups is 3. The molecule has 132 valence electrons. The molecule has 7 nitrogen and oxygen atoms in total. The standard InChI is InChI=1S/C16H21ClN2O5/c1-10(2)8-13(15(21)22)19(16(23)24)7-6-18-14(20)11-4-3-5-12(17)9-11/h3-5,9-10,13H,6-8H2,1-2H3,(H,18,20)(H,21,22)(H,23,24). The lowest BCUT2D eigenvalue weighted by Gasteiger charge is -2.27. The molecular formula is C16H21ClN2O5. The number of aliphatic carboxylic acids is 1. The molecule has 0 radical (unpaired) electrons. The van der Waals surface area contributed by atoms with Gasteiger partial charge in [0.25, 0.3) is 5.91 Å². The molecule has 8 heteroatoms. The van der Waals surface area contributed by atoms with E-state index in [1.54, 1.807) is 18.2 Å². The largest absolute Gasteiger partial charge is 0.480 e. The molecule has 0 saturated heterocycles. The third-order valence-electron chi connectivity index (χ3n) is 3.33. The molecule has 0 aliphatic heterocycles. The molecule has 3 N–H and O–H groups in total. The van der Waals surface area contributed by atoms with Gasteiger partial charge in [-0.25, -0.2) is 9.59 Å². The van der Waals surface area contributed by atoms with Crippen LogP contribution in [0.1, 0.15) is 30.6 Å². The highest BCUT2D eigenvalue weighted by molar-refractivity contribution is 6.30. The second kappa shape index (κ2) is 9.12. The molecule has 1 atom stereocenters. The lowest BCUT2D eigenvalue weighted by atomic mass is 10.0. The van der Waals surface area contributed by atoms with Crippen molar-refractivity contribution in [3.05, 3.63) is 34.9 Å². The molecule has 1 aromatic carbocycles. The molecule has 1 rings (SSSR count). The zero-order chi connectivity index (χ0) is 18.3. The van der Waals surface area contributed by atoms with Crippen LogP contribution in [0, 0.1) is 5.92 Å². The van der Waals surface area contributed by atoms with Crippen molar-refractivity contribution in [3.8, 4) is 0 Å². The van der Waals surface area contributed by atoms with E-state index in [1.807, 2.05) is 13.8 Å². The first-order valence-corrected chi connectivity index (χ1v) is 7.86. The van der Waals surface area contributed by atoms with Crippen LogP contribution in [-0.4, -0.2) is 52.2 Å². The minimum Gasteiger partial charge on any atom is -0.480 e. The first kappa shape index (κ1) is 19.8. The average molecular weight is 357 g/mol. The lowest BCUT2D eigenvalue weighted by molar-refractivity contribution is -0.143. The van der Waals surface area contributed by atoms with Gasteiger partial charge in [-0.2, -0.15) is 0 Å². The van der Waals surface area contributed by atoms with E-state index in [1.165, 1.54) is 6.07 Å². The van der Waals surface area contributed by atoms with Gasteiger partial charge in [0.1, 0.15) is 6.04 Å². The summed E-state index contributed by atoms with van der Waals surface area (Å²) in [7, 11) is 0. The lowest BCUT2D eigenvalue weighted by Crippen LogP contribution is -2.48. The highest BCUT2D eigenvalue weighted by Gasteiger charge is 2.29. The van der Waals surface area contributed by atoms with Gasteiger partial charge < -0.3 is 15.5 Å². The zero-order valence-electron chi connectivity index (χ0n) is 13.5. The number of carboxylic acid groups (broad SMARTS) is 2. The molecule has 0 saturated carbocycles. The number of rotatable bonds is 8. The molecule has 0 aromatic heterocycles. The number of nitrogens with zero attached hydrogens (tertiary/aromatic N) is 1. The Morgan fingerprint density at radius 3 is 2.42 bits per heavy atom. The summed E-state index contributed by atoms with van der Waals surface area (Å²) in [5, 5.41) is 21.5. The number of carbonyl (C=O) groups excluding carboxylic acids is 1. The first-order chi connectivity index (χ1) is 11.2. The van der Waals surface area contributed by atoms with Crippen LogP contribution in [0.15, 0.2) is 24.3 Å². The summed E-state index contributed by atoms with van der Waals surface area (Å²) in [6.45, 7) is 3.51. The summed E-state index contributed by atoms with van der Waals surface area (Å²) in [6, 6.07) is 5.18. The first-order valence-electron chi connectivity index (χ1n) is 7.48. The van der Waals surface area contributed by atoms with Crippen LogP contribution in [-0.2, 0) is 4.79 Å². The van der Waals surface area contributed by atoms with Gasteiger partial charge in [0.05, 0.1) is 0 Å². The number of nitrogens with one attached hydrogen (secondary N) is 1. The van der Waals surface area contributed by atoms with E-state index in [2.05, 4.69) is 5.32 Å². The van der Waals surface area contributed by atoms with Crippen LogP contribution >= 0.6 is 11.6 Å². The highest BCUT2D eigenvalue weighted by Crippen LogP contribution is 2.13. The van der Waals surface area contributed by atoms with E-state index in [0.717, 1.165) is 4.90 Å². The summed E-state index contributed by atoms with van der Waals surface area (Å²) < 4.78 is 0. The molecule has 0 aliphatic carbocycles. The van der Waals surface area contributed by atoms with Crippen molar-refractivity contribution < 1.29 is 24.6 Å². The monoisotopic (exact) mass is 356 g/mol. The summed E-state index contributed by atoms with van der Waals surface area (Å²) in [4.78, 5) is 35.5. The number of hydrogen-bond donors (Lipinski definition) is 3. The van der Waals surface area contributed by atoms with E-state index < -0.39 is 24.0 Å². The second-order valence-electron chi connectivity index (χ2n) is 5.73. The fourth-order valence-corrected chi connectivity index (χ4v) is 2.40. The number of benzene rings is 1. The number of halogens is 1. The van der Waals surface area contributed by atoms with Crippen molar-refractivity contribution in [3.63, 3.8) is 0 Å². The molecule has 0 bridgehead atoms. The van der Waals surface area contributed by atoms with Gasteiger partial charge in [0.15, 0.2) is 0 Å². The second-order valence-corrected chi connectivity index (χ2v) is 6.16. The molecular weight excluding hydrogens is 336 g/mol. The third-order valence-corrected chi connectivity index (χ3v) is 3.56. The Hall–Kier alpha value is -2.28. The van der Waals surface area contributed by atoms with E-state index in [0.29, 0.717) is 10.6 Å². The maximum absolute atomic E-state index is 12.0. The minimum atomic E-state index is -1.33.